The quantitative estimate of drug-likeness (QED) is 0.339. The monoisotopic (exact) mass is 483 g/mol. The molecule has 0 spiro atoms. The number of hydrogen-bond acceptors (Lipinski definition) is 5. The number of amides is 1. The molecule has 0 saturated carbocycles. The Labute approximate surface area is 193 Å². The number of esters is 1. The Morgan fingerprint density at radius 1 is 1.27 bits per heavy atom. The van der Waals surface area contributed by atoms with Crippen molar-refractivity contribution in [2.45, 2.75) is 26.6 Å². The number of nitrogens with one attached hydrogen (secondary N) is 1. The van der Waals surface area contributed by atoms with E-state index in [2.05, 4.69) is 5.32 Å². The van der Waals surface area contributed by atoms with Crippen LogP contribution in [0.5, 0.6) is 0 Å². The molecule has 1 N–H and O–H groups in total. The van der Waals surface area contributed by atoms with Crippen molar-refractivity contribution in [3.63, 3.8) is 0 Å². The molecule has 0 saturated heterocycles. The normalized spacial score (nSPS) is 11.8. The van der Waals surface area contributed by atoms with Crippen molar-refractivity contribution in [2.75, 3.05) is 25.6 Å². The minimum atomic E-state index is -4.70. The zero-order valence-corrected chi connectivity index (χ0v) is 18.8. The van der Waals surface area contributed by atoms with E-state index in [4.69, 9.17) is 21.1 Å². The summed E-state index contributed by atoms with van der Waals surface area (Å²) in [7, 11) is 1.58. The molecule has 1 heterocycles. The van der Waals surface area contributed by atoms with Crippen molar-refractivity contribution in [3.8, 4) is 6.07 Å². The number of aromatic nitrogens is 1. The molecule has 11 heteroatoms. The van der Waals surface area contributed by atoms with Gasteiger partial charge in [0.2, 0.25) is 0 Å². The Morgan fingerprint density at radius 3 is 2.58 bits per heavy atom. The summed E-state index contributed by atoms with van der Waals surface area (Å²) in [5.41, 5.74) is 0.722. The van der Waals surface area contributed by atoms with Gasteiger partial charge >= 0.3 is 12.1 Å². The molecule has 1 aromatic heterocycles. The Morgan fingerprint density at radius 2 is 1.97 bits per heavy atom. The summed E-state index contributed by atoms with van der Waals surface area (Å²) in [5.74, 6) is -1.92. The molecule has 2 rings (SSSR count). The van der Waals surface area contributed by atoms with Gasteiger partial charge in [-0.25, -0.2) is 4.79 Å². The number of aryl methyl sites for hydroxylation is 1. The lowest BCUT2D eigenvalue weighted by Crippen LogP contribution is -2.21. The first-order valence-electron chi connectivity index (χ1n) is 9.59. The molecule has 1 amide bonds. The number of alkyl halides is 3. The lowest BCUT2D eigenvalue weighted by molar-refractivity contribution is -0.142. The van der Waals surface area contributed by atoms with Gasteiger partial charge in [-0.1, -0.05) is 11.6 Å². The molecule has 0 atom stereocenters. The maximum Gasteiger partial charge on any atom is 0.417 e. The Bertz CT molecular complexity index is 1120. The number of nitriles is 1. The van der Waals surface area contributed by atoms with E-state index in [0.29, 0.717) is 24.8 Å². The van der Waals surface area contributed by atoms with Crippen LogP contribution < -0.4 is 5.32 Å². The summed E-state index contributed by atoms with van der Waals surface area (Å²) in [5, 5.41) is 11.0. The van der Waals surface area contributed by atoms with E-state index >= 15 is 0 Å². The van der Waals surface area contributed by atoms with Gasteiger partial charge in [-0.05, 0) is 49.8 Å². The van der Waals surface area contributed by atoms with Crippen LogP contribution in [0.3, 0.4) is 0 Å². The maximum absolute atomic E-state index is 12.9. The van der Waals surface area contributed by atoms with E-state index in [1.165, 1.54) is 12.1 Å². The van der Waals surface area contributed by atoms with E-state index in [0.717, 1.165) is 17.5 Å². The van der Waals surface area contributed by atoms with E-state index in [9.17, 15) is 28.0 Å². The number of rotatable bonds is 8. The van der Waals surface area contributed by atoms with Crippen LogP contribution in [0.1, 0.15) is 22.5 Å². The van der Waals surface area contributed by atoms with Gasteiger partial charge in [0, 0.05) is 30.7 Å². The molecule has 0 radical (unpaired) electrons. The summed E-state index contributed by atoms with van der Waals surface area (Å²) in [6.45, 7) is 3.98. The van der Waals surface area contributed by atoms with Crippen molar-refractivity contribution < 1.29 is 32.2 Å². The number of nitrogens with zero attached hydrogens (tertiary/aromatic N) is 2. The molecule has 1 aromatic carbocycles. The first-order valence-corrected chi connectivity index (χ1v) is 9.97. The lowest BCUT2D eigenvalue weighted by atomic mass is 10.1. The molecule has 2 aromatic rings. The summed E-state index contributed by atoms with van der Waals surface area (Å²) in [4.78, 5) is 24.3. The van der Waals surface area contributed by atoms with Crippen molar-refractivity contribution in [3.05, 3.63) is 57.4 Å². The Kier molecular flexibility index (Phi) is 8.68. The topological polar surface area (TPSA) is 93.3 Å². The number of carbonyl (C=O) groups excluding carboxylic acids is 2. The smallest absolute Gasteiger partial charge is 0.417 e. The number of hydrogen-bond donors (Lipinski definition) is 1. The van der Waals surface area contributed by atoms with Gasteiger partial charge in [0.05, 0.1) is 17.2 Å². The summed E-state index contributed by atoms with van der Waals surface area (Å²) < 4.78 is 50.7. The van der Waals surface area contributed by atoms with Gasteiger partial charge in [-0.15, -0.1) is 0 Å². The summed E-state index contributed by atoms with van der Waals surface area (Å²) in [6, 6.07) is 6.37. The molecule has 7 nitrogen and oxygen atoms in total. The number of anilines is 1. The third-order valence-corrected chi connectivity index (χ3v) is 4.99. The molecular formula is C22H21ClF3N3O4. The first kappa shape index (κ1) is 26.0. The highest BCUT2D eigenvalue weighted by atomic mass is 35.5. The van der Waals surface area contributed by atoms with Crippen LogP contribution in [0, 0.1) is 25.2 Å². The lowest BCUT2D eigenvalue weighted by Gasteiger charge is -2.12. The second-order valence-corrected chi connectivity index (χ2v) is 7.36. The van der Waals surface area contributed by atoms with Crippen molar-refractivity contribution in [2.24, 2.45) is 0 Å². The Hall–Kier alpha value is -3.29. The summed E-state index contributed by atoms with van der Waals surface area (Å²) >= 11 is 5.54. The first-order chi connectivity index (χ1) is 15.5. The van der Waals surface area contributed by atoms with Crippen LogP contribution in [-0.4, -0.2) is 36.8 Å². The number of carbonyl (C=O) groups is 2. The van der Waals surface area contributed by atoms with E-state index < -0.39 is 35.2 Å². The van der Waals surface area contributed by atoms with Crippen LogP contribution in [-0.2, 0) is 31.8 Å². The fourth-order valence-corrected chi connectivity index (χ4v) is 3.24. The van der Waals surface area contributed by atoms with E-state index in [-0.39, 0.29) is 11.3 Å². The van der Waals surface area contributed by atoms with Crippen molar-refractivity contribution in [1.82, 2.24) is 4.57 Å². The van der Waals surface area contributed by atoms with E-state index in [1.54, 1.807) is 19.2 Å². The van der Waals surface area contributed by atoms with Gasteiger partial charge in [-0.3, -0.25) is 4.79 Å². The zero-order chi connectivity index (χ0) is 24.8. The average molecular weight is 484 g/mol. The van der Waals surface area contributed by atoms with Crippen LogP contribution in [0.4, 0.5) is 18.9 Å². The zero-order valence-electron chi connectivity index (χ0n) is 18.0. The van der Waals surface area contributed by atoms with Gasteiger partial charge in [0.1, 0.15) is 11.6 Å². The maximum atomic E-state index is 12.9. The largest absolute Gasteiger partial charge is 0.451 e. The third-order valence-electron chi connectivity index (χ3n) is 4.66. The van der Waals surface area contributed by atoms with Crippen molar-refractivity contribution in [1.29, 1.82) is 5.26 Å². The number of halogens is 4. The highest BCUT2D eigenvalue weighted by molar-refractivity contribution is 6.31. The third kappa shape index (κ3) is 6.84. The molecule has 0 aliphatic carbocycles. The summed E-state index contributed by atoms with van der Waals surface area (Å²) in [6.07, 6.45) is -3.35. The van der Waals surface area contributed by atoms with Crippen molar-refractivity contribution >= 4 is 35.2 Å². The molecule has 0 bridgehead atoms. The SMILES string of the molecule is COCCn1c(C)cc(C=C(C#N)C(=O)OCC(=O)Nc2ccc(Cl)c(C(F)(F)F)c2)c1C. The minimum Gasteiger partial charge on any atom is -0.451 e. The van der Waals surface area contributed by atoms with Gasteiger partial charge in [0.15, 0.2) is 6.61 Å². The van der Waals surface area contributed by atoms with Crippen LogP contribution in [0.2, 0.25) is 5.02 Å². The number of ether oxygens (including phenoxy) is 2. The molecule has 0 unspecified atom stereocenters. The van der Waals surface area contributed by atoms with Crippen LogP contribution in [0.15, 0.2) is 29.8 Å². The average Bonchev–Trinajstić information content (AvgIpc) is 3.01. The number of benzene rings is 1. The predicted molar refractivity (Wildman–Crippen MR) is 115 cm³/mol. The predicted octanol–water partition coefficient (Wildman–Crippen LogP) is 4.51. The minimum absolute atomic E-state index is 0.174. The standard InChI is InChI=1S/C22H21ClF3N3O4/c1-13-8-15(14(2)29(13)6-7-32-3)9-16(11-27)21(31)33-12-20(30)28-17-4-5-19(23)18(10-17)22(24,25)26/h4-5,8-10H,6-7,12H2,1-3H3,(H,28,30). The highest BCUT2D eigenvalue weighted by Crippen LogP contribution is 2.36. The number of methoxy groups -OCH3 is 1. The molecule has 33 heavy (non-hydrogen) atoms. The van der Waals surface area contributed by atoms with Crippen LogP contribution >= 0.6 is 11.6 Å². The molecule has 0 aliphatic heterocycles. The molecule has 176 valence electrons. The fourth-order valence-electron chi connectivity index (χ4n) is 3.02. The molecule has 0 fully saturated rings. The highest BCUT2D eigenvalue weighted by Gasteiger charge is 2.33. The Balaban J connectivity index is 2.06. The van der Waals surface area contributed by atoms with Crippen LogP contribution in [0.25, 0.3) is 6.08 Å². The van der Waals surface area contributed by atoms with E-state index in [1.807, 2.05) is 18.4 Å². The fraction of sp³-hybridized carbons (Fsp3) is 0.318. The second-order valence-electron chi connectivity index (χ2n) is 6.96. The van der Waals surface area contributed by atoms with Gasteiger partial charge < -0.3 is 19.4 Å². The molecule has 0 aliphatic rings. The second kappa shape index (κ2) is 11.0. The van der Waals surface area contributed by atoms with Gasteiger partial charge in [0.25, 0.3) is 5.91 Å². The van der Waals surface area contributed by atoms with Gasteiger partial charge in [-0.2, -0.15) is 18.4 Å². The molecular weight excluding hydrogens is 463 g/mol.